The van der Waals surface area contributed by atoms with E-state index in [9.17, 15) is 0 Å². The molecule has 1 heterocycles. The maximum atomic E-state index is 2.85. The summed E-state index contributed by atoms with van der Waals surface area (Å²) < 4.78 is 0. The molecular weight excluding hydrogens is 675 g/mol. The van der Waals surface area contributed by atoms with Gasteiger partial charge in [0.1, 0.15) is 0 Å². The van der Waals surface area contributed by atoms with Crippen LogP contribution in [0.2, 0.25) is 0 Å². The van der Waals surface area contributed by atoms with Crippen LogP contribution in [0.3, 0.4) is 0 Å². The van der Waals surface area contributed by atoms with Crippen molar-refractivity contribution in [2.24, 2.45) is 53.3 Å². The molecule has 3 fully saturated rings. The third kappa shape index (κ3) is 4.23. The van der Waals surface area contributed by atoms with E-state index in [2.05, 4.69) is 157 Å². The Bertz CT molecular complexity index is 2360. The van der Waals surface area contributed by atoms with Crippen LogP contribution in [0, 0.1) is 53.3 Å². The van der Waals surface area contributed by atoms with Crippen LogP contribution in [0.4, 0.5) is 5.69 Å². The Balaban J connectivity index is 0.987. The fourth-order valence-electron chi connectivity index (χ4n) is 15.3. The summed E-state index contributed by atoms with van der Waals surface area (Å²) in [6, 6.07) is 19.2. The van der Waals surface area contributed by atoms with Gasteiger partial charge in [-0.1, -0.05) is 164 Å². The molecule has 2 aromatic carbocycles. The average Bonchev–Trinajstić information content (AvgIpc) is 3.87. The van der Waals surface area contributed by atoms with E-state index in [4.69, 9.17) is 0 Å². The van der Waals surface area contributed by atoms with Crippen LogP contribution >= 0.6 is 0 Å². The second kappa shape index (κ2) is 12.2. The lowest BCUT2D eigenvalue weighted by atomic mass is 9.53. The molecule has 2 saturated carbocycles. The molecule has 0 radical (unpaired) electrons. The fourth-order valence-corrected chi connectivity index (χ4v) is 15.3. The molecule has 11 aliphatic rings. The zero-order chi connectivity index (χ0) is 36.5. The lowest BCUT2D eigenvalue weighted by molar-refractivity contribution is 0.126. The Morgan fingerprint density at radius 1 is 0.679 bits per heavy atom. The quantitative estimate of drug-likeness (QED) is 0.279. The first-order valence-electron chi connectivity index (χ1n) is 22.4. The van der Waals surface area contributed by atoms with Gasteiger partial charge in [-0.15, -0.1) is 0 Å². The van der Waals surface area contributed by atoms with Gasteiger partial charge in [0.15, 0.2) is 0 Å². The summed E-state index contributed by atoms with van der Waals surface area (Å²) in [5.41, 5.74) is 14.9. The van der Waals surface area contributed by atoms with Crippen molar-refractivity contribution in [3.05, 3.63) is 197 Å². The minimum absolute atomic E-state index is 0.126. The molecule has 0 bridgehead atoms. The summed E-state index contributed by atoms with van der Waals surface area (Å²) in [5, 5.41) is 0. The van der Waals surface area contributed by atoms with Gasteiger partial charge in [0, 0.05) is 46.4 Å². The number of hydrogen-bond acceptors (Lipinski definition) is 1. The van der Waals surface area contributed by atoms with Crippen LogP contribution in [-0.2, 0) is 5.41 Å². The Kier molecular flexibility index (Phi) is 7.07. The molecule has 56 heavy (non-hydrogen) atoms. The van der Waals surface area contributed by atoms with Crippen LogP contribution < -0.4 is 4.90 Å². The Morgan fingerprint density at radius 3 is 2.41 bits per heavy atom. The van der Waals surface area contributed by atoms with E-state index in [0.717, 1.165) is 12.3 Å². The van der Waals surface area contributed by atoms with E-state index in [1.807, 2.05) is 0 Å². The predicted molar refractivity (Wildman–Crippen MR) is 230 cm³/mol. The topological polar surface area (TPSA) is 3.24 Å². The van der Waals surface area contributed by atoms with E-state index in [1.165, 1.54) is 61.9 Å². The van der Waals surface area contributed by atoms with Crippen molar-refractivity contribution < 1.29 is 0 Å². The monoisotopic (exact) mass is 727 g/mol. The fraction of sp³-hybridized carbons (Fsp3) is 0.382. The molecule has 0 amide bonds. The van der Waals surface area contributed by atoms with E-state index >= 15 is 0 Å². The number of anilines is 1. The summed E-state index contributed by atoms with van der Waals surface area (Å²) >= 11 is 0. The molecule has 13 rings (SSSR count). The molecule has 10 aliphatic carbocycles. The van der Waals surface area contributed by atoms with Crippen LogP contribution in [0.5, 0.6) is 0 Å². The van der Waals surface area contributed by atoms with Crippen molar-refractivity contribution in [3.8, 4) is 0 Å². The van der Waals surface area contributed by atoms with Crippen molar-refractivity contribution in [1.82, 2.24) is 0 Å². The van der Waals surface area contributed by atoms with Crippen molar-refractivity contribution in [3.63, 3.8) is 0 Å². The van der Waals surface area contributed by atoms with Gasteiger partial charge in [0.25, 0.3) is 0 Å². The zero-order valence-electron chi connectivity index (χ0n) is 32.5. The summed E-state index contributed by atoms with van der Waals surface area (Å²) in [6.45, 7) is 0. The van der Waals surface area contributed by atoms with Gasteiger partial charge in [-0.05, 0) is 114 Å². The first kappa shape index (κ1) is 32.5. The Morgan fingerprint density at radius 2 is 1.48 bits per heavy atom. The zero-order valence-corrected chi connectivity index (χ0v) is 32.5. The molecule has 1 heteroatoms. The standard InChI is InChI=1S/C55H53N/c1-2-15-35(16-3-1)56-52-28-13-10-23-43(52)48-31-34(29-30-53(48)56)36-24-14-25-44-41-21-8-11-26-49(41)55(54(36)44)50-27-12-9-22-42(50)47-32-45-39-19-6-4-17-37(39)38-18-5-7-20-40(38)46(45)33-51(47)55/h1-3,5-7,9-10,12-16,18-20,22-25,27-28,30-32,34,37-43,49-52H,4,8,11,17,21,26,29,33H2. The third-order valence-electron chi connectivity index (χ3n) is 17.1. The Labute approximate surface area is 333 Å². The highest BCUT2D eigenvalue weighted by atomic mass is 15.2. The normalized spacial score (nSPS) is 41.1. The lowest BCUT2D eigenvalue weighted by Gasteiger charge is -2.51. The molecule has 1 saturated heterocycles. The maximum Gasteiger partial charge on any atom is 0.0629 e. The molecular formula is C55H53N. The van der Waals surface area contributed by atoms with Crippen LogP contribution in [-0.4, -0.2) is 6.04 Å². The third-order valence-corrected chi connectivity index (χ3v) is 17.1. The lowest BCUT2D eigenvalue weighted by Crippen LogP contribution is -2.46. The number of nitrogens with zero attached hydrogens (tertiary/aromatic N) is 1. The number of hydrogen-bond donors (Lipinski definition) is 0. The van der Waals surface area contributed by atoms with Gasteiger partial charge in [-0.3, -0.25) is 0 Å². The molecule has 1 nitrogen and oxygen atoms in total. The largest absolute Gasteiger partial charge is 0.334 e. The number of fused-ring (bicyclic) bond motifs is 18. The SMILES string of the molecule is C1=CC2C3=C(C=C4C5C=CC=CC5C5(c6c(C7C=C8C(=CC7)N(c7ccccc7)C7C=CC=CC87)cccc6C6CCCCC65)C4C3)C3C=CCCC3C2C=C1. The van der Waals surface area contributed by atoms with Gasteiger partial charge in [0.2, 0.25) is 0 Å². The van der Waals surface area contributed by atoms with Crippen LogP contribution in [0.15, 0.2) is 180 Å². The average molecular weight is 728 g/mol. The number of para-hydroxylation sites is 1. The molecule has 13 unspecified atom stereocenters. The van der Waals surface area contributed by atoms with Gasteiger partial charge >= 0.3 is 0 Å². The summed E-state index contributed by atoms with van der Waals surface area (Å²) in [6.07, 6.45) is 53.4. The molecule has 278 valence electrons. The highest BCUT2D eigenvalue weighted by Crippen LogP contribution is 2.73. The second-order valence-corrected chi connectivity index (χ2v) is 19.1. The first-order chi connectivity index (χ1) is 27.8. The predicted octanol–water partition coefficient (Wildman–Crippen LogP) is 12.7. The molecule has 0 aromatic heterocycles. The number of rotatable bonds is 2. The van der Waals surface area contributed by atoms with Crippen molar-refractivity contribution in [2.75, 3.05) is 4.90 Å². The van der Waals surface area contributed by atoms with E-state index < -0.39 is 0 Å². The summed E-state index contributed by atoms with van der Waals surface area (Å²) in [4.78, 5) is 2.63. The molecule has 1 aliphatic heterocycles. The van der Waals surface area contributed by atoms with Gasteiger partial charge in [0.05, 0.1) is 6.04 Å². The summed E-state index contributed by atoms with van der Waals surface area (Å²) in [5.74, 6) is 6.22. The van der Waals surface area contributed by atoms with Gasteiger partial charge in [-0.25, -0.2) is 0 Å². The van der Waals surface area contributed by atoms with Crippen molar-refractivity contribution in [1.29, 1.82) is 0 Å². The number of allylic oxidation sites excluding steroid dienone is 19. The molecule has 13 atom stereocenters. The second-order valence-electron chi connectivity index (χ2n) is 19.1. The highest BCUT2D eigenvalue weighted by Gasteiger charge is 2.67. The minimum Gasteiger partial charge on any atom is -0.334 e. The number of benzene rings is 2. The minimum atomic E-state index is 0.126. The smallest absolute Gasteiger partial charge is 0.0629 e. The van der Waals surface area contributed by atoms with Gasteiger partial charge < -0.3 is 4.90 Å². The molecule has 1 spiro atoms. The Hall–Kier alpha value is -4.62. The first-order valence-corrected chi connectivity index (χ1v) is 22.4. The van der Waals surface area contributed by atoms with Crippen LogP contribution in [0.25, 0.3) is 0 Å². The van der Waals surface area contributed by atoms with E-state index in [1.54, 1.807) is 33.4 Å². The summed E-state index contributed by atoms with van der Waals surface area (Å²) in [7, 11) is 0. The molecule has 2 aromatic rings. The molecule has 0 N–H and O–H groups in total. The van der Waals surface area contributed by atoms with Crippen LogP contribution in [0.1, 0.15) is 79.9 Å². The van der Waals surface area contributed by atoms with Crippen molar-refractivity contribution in [2.45, 2.75) is 74.7 Å². The van der Waals surface area contributed by atoms with E-state index in [-0.39, 0.29) is 5.41 Å². The maximum absolute atomic E-state index is 2.85. The van der Waals surface area contributed by atoms with Crippen molar-refractivity contribution >= 4 is 5.69 Å². The van der Waals surface area contributed by atoms with Gasteiger partial charge in [-0.2, -0.15) is 0 Å². The highest BCUT2D eigenvalue weighted by molar-refractivity contribution is 5.68. The van der Waals surface area contributed by atoms with E-state index in [0.29, 0.717) is 65.2 Å².